The van der Waals surface area contributed by atoms with Crippen molar-refractivity contribution in [3.8, 4) is 0 Å². The highest BCUT2D eigenvalue weighted by Crippen LogP contribution is 2.18. The Balaban J connectivity index is 2.01. The van der Waals surface area contributed by atoms with E-state index in [1.54, 1.807) is 18.2 Å². The van der Waals surface area contributed by atoms with Crippen LogP contribution in [0.4, 0.5) is 5.69 Å². The minimum atomic E-state index is -0.988. The SMILES string of the molecule is Cc1ccc(C(=O)O)c(NCC(=O)N2CCCCC2)c1. The molecule has 1 heterocycles. The Morgan fingerprint density at radius 3 is 2.60 bits per heavy atom. The van der Waals surface area contributed by atoms with Gasteiger partial charge in [0.05, 0.1) is 12.1 Å². The van der Waals surface area contributed by atoms with Gasteiger partial charge in [-0.05, 0) is 43.9 Å². The summed E-state index contributed by atoms with van der Waals surface area (Å²) in [5.41, 5.74) is 1.66. The summed E-state index contributed by atoms with van der Waals surface area (Å²) in [5, 5.41) is 12.1. The number of amides is 1. The maximum absolute atomic E-state index is 12.1. The minimum Gasteiger partial charge on any atom is -0.478 e. The molecule has 5 nitrogen and oxygen atoms in total. The summed E-state index contributed by atoms with van der Waals surface area (Å²) in [4.78, 5) is 25.0. The molecule has 1 fully saturated rings. The zero-order valence-electron chi connectivity index (χ0n) is 11.7. The molecule has 1 saturated heterocycles. The molecule has 0 radical (unpaired) electrons. The van der Waals surface area contributed by atoms with Gasteiger partial charge < -0.3 is 15.3 Å². The lowest BCUT2D eigenvalue weighted by molar-refractivity contribution is -0.130. The largest absolute Gasteiger partial charge is 0.478 e. The molecule has 1 aromatic carbocycles. The Hall–Kier alpha value is -2.04. The average molecular weight is 276 g/mol. The van der Waals surface area contributed by atoms with Crippen molar-refractivity contribution in [2.45, 2.75) is 26.2 Å². The number of carbonyl (C=O) groups excluding carboxylic acids is 1. The van der Waals surface area contributed by atoms with Crippen LogP contribution >= 0.6 is 0 Å². The number of carbonyl (C=O) groups is 2. The maximum atomic E-state index is 12.1. The van der Waals surface area contributed by atoms with Crippen molar-refractivity contribution in [3.05, 3.63) is 29.3 Å². The third kappa shape index (κ3) is 3.50. The second-order valence-corrected chi connectivity index (χ2v) is 5.15. The highest BCUT2D eigenvalue weighted by atomic mass is 16.4. The average Bonchev–Trinajstić information content (AvgIpc) is 2.45. The summed E-state index contributed by atoms with van der Waals surface area (Å²) in [6.07, 6.45) is 3.28. The number of hydrogen-bond acceptors (Lipinski definition) is 3. The number of rotatable bonds is 4. The van der Waals surface area contributed by atoms with Gasteiger partial charge in [-0.3, -0.25) is 4.79 Å². The van der Waals surface area contributed by atoms with Crippen LogP contribution in [0.5, 0.6) is 0 Å². The first kappa shape index (κ1) is 14.4. The molecule has 0 aromatic heterocycles. The molecule has 2 rings (SSSR count). The van der Waals surface area contributed by atoms with Crippen molar-refractivity contribution in [3.63, 3.8) is 0 Å². The Bertz CT molecular complexity index is 508. The molecule has 0 aliphatic carbocycles. The zero-order chi connectivity index (χ0) is 14.5. The molecule has 1 amide bonds. The highest BCUT2D eigenvalue weighted by molar-refractivity contribution is 5.95. The van der Waals surface area contributed by atoms with Gasteiger partial charge in [-0.15, -0.1) is 0 Å². The van der Waals surface area contributed by atoms with Crippen LogP contribution in [0.3, 0.4) is 0 Å². The Morgan fingerprint density at radius 2 is 1.95 bits per heavy atom. The lowest BCUT2D eigenvalue weighted by Gasteiger charge is -2.27. The van der Waals surface area contributed by atoms with Crippen LogP contribution in [-0.4, -0.2) is 41.5 Å². The van der Waals surface area contributed by atoms with Crippen LogP contribution in [0.15, 0.2) is 18.2 Å². The van der Waals surface area contributed by atoms with E-state index >= 15 is 0 Å². The molecule has 1 aliphatic rings. The quantitative estimate of drug-likeness (QED) is 0.883. The lowest BCUT2D eigenvalue weighted by Crippen LogP contribution is -2.39. The predicted octanol–water partition coefficient (Wildman–Crippen LogP) is 2.12. The van der Waals surface area contributed by atoms with E-state index in [-0.39, 0.29) is 18.0 Å². The Kier molecular flexibility index (Phi) is 4.61. The summed E-state index contributed by atoms with van der Waals surface area (Å²) in [6.45, 7) is 3.65. The van der Waals surface area contributed by atoms with Gasteiger partial charge in [0, 0.05) is 18.8 Å². The van der Waals surface area contributed by atoms with E-state index < -0.39 is 5.97 Å². The normalized spacial score (nSPS) is 14.9. The van der Waals surface area contributed by atoms with E-state index in [9.17, 15) is 9.59 Å². The first-order chi connectivity index (χ1) is 9.58. The molecule has 1 aliphatic heterocycles. The molecule has 0 saturated carbocycles. The number of aromatic carboxylic acids is 1. The number of piperidine rings is 1. The third-order valence-corrected chi connectivity index (χ3v) is 3.54. The van der Waals surface area contributed by atoms with Gasteiger partial charge >= 0.3 is 5.97 Å². The van der Waals surface area contributed by atoms with Crippen molar-refractivity contribution in [2.75, 3.05) is 25.0 Å². The van der Waals surface area contributed by atoms with E-state index in [4.69, 9.17) is 5.11 Å². The number of anilines is 1. The number of benzene rings is 1. The van der Waals surface area contributed by atoms with Gasteiger partial charge in [0.1, 0.15) is 0 Å². The van der Waals surface area contributed by atoms with Gasteiger partial charge in [0.25, 0.3) is 0 Å². The fourth-order valence-electron chi connectivity index (χ4n) is 2.42. The lowest BCUT2D eigenvalue weighted by atomic mass is 10.1. The molecule has 1 aromatic rings. The first-order valence-corrected chi connectivity index (χ1v) is 6.93. The van der Waals surface area contributed by atoms with Crippen LogP contribution in [0.2, 0.25) is 0 Å². The summed E-state index contributed by atoms with van der Waals surface area (Å²) in [7, 11) is 0. The smallest absolute Gasteiger partial charge is 0.337 e. The van der Waals surface area contributed by atoms with Crippen LogP contribution in [0.25, 0.3) is 0 Å². The van der Waals surface area contributed by atoms with Crippen LogP contribution in [-0.2, 0) is 4.79 Å². The molecular formula is C15H20N2O3. The van der Waals surface area contributed by atoms with Crippen molar-refractivity contribution in [1.82, 2.24) is 4.90 Å². The molecule has 5 heteroatoms. The van der Waals surface area contributed by atoms with Gasteiger partial charge in [-0.1, -0.05) is 6.07 Å². The van der Waals surface area contributed by atoms with Gasteiger partial charge in [0.15, 0.2) is 0 Å². The maximum Gasteiger partial charge on any atom is 0.337 e. The number of nitrogens with zero attached hydrogens (tertiary/aromatic N) is 1. The summed E-state index contributed by atoms with van der Waals surface area (Å²) < 4.78 is 0. The molecule has 20 heavy (non-hydrogen) atoms. The monoisotopic (exact) mass is 276 g/mol. The van der Waals surface area contributed by atoms with Crippen molar-refractivity contribution < 1.29 is 14.7 Å². The number of carboxylic acid groups (broad SMARTS) is 1. The minimum absolute atomic E-state index is 0.0301. The van der Waals surface area contributed by atoms with Crippen molar-refractivity contribution in [1.29, 1.82) is 0 Å². The molecule has 0 unspecified atom stereocenters. The van der Waals surface area contributed by atoms with E-state index in [1.807, 2.05) is 11.8 Å². The number of carboxylic acids is 1. The number of nitrogens with one attached hydrogen (secondary N) is 1. The van der Waals surface area contributed by atoms with E-state index in [1.165, 1.54) is 6.42 Å². The van der Waals surface area contributed by atoms with E-state index in [0.29, 0.717) is 5.69 Å². The number of hydrogen-bond donors (Lipinski definition) is 2. The Morgan fingerprint density at radius 1 is 1.25 bits per heavy atom. The van der Waals surface area contributed by atoms with Gasteiger partial charge in [-0.2, -0.15) is 0 Å². The van der Waals surface area contributed by atoms with E-state index in [0.717, 1.165) is 31.5 Å². The fourth-order valence-corrected chi connectivity index (χ4v) is 2.42. The van der Waals surface area contributed by atoms with Crippen LogP contribution in [0.1, 0.15) is 35.2 Å². The highest BCUT2D eigenvalue weighted by Gasteiger charge is 2.17. The predicted molar refractivity (Wildman–Crippen MR) is 77.1 cm³/mol. The van der Waals surface area contributed by atoms with Crippen LogP contribution < -0.4 is 5.32 Å². The molecule has 0 bridgehead atoms. The van der Waals surface area contributed by atoms with Crippen LogP contribution in [0, 0.1) is 6.92 Å². The second kappa shape index (κ2) is 6.41. The van der Waals surface area contributed by atoms with Gasteiger partial charge in [0.2, 0.25) is 5.91 Å². The van der Waals surface area contributed by atoms with E-state index in [2.05, 4.69) is 5.32 Å². The number of likely N-dealkylation sites (tertiary alicyclic amines) is 1. The summed E-state index contributed by atoms with van der Waals surface area (Å²) in [5.74, 6) is -0.958. The zero-order valence-corrected chi connectivity index (χ0v) is 11.7. The molecule has 2 N–H and O–H groups in total. The first-order valence-electron chi connectivity index (χ1n) is 6.93. The summed E-state index contributed by atoms with van der Waals surface area (Å²) in [6, 6.07) is 5.07. The van der Waals surface area contributed by atoms with Crippen molar-refractivity contribution >= 4 is 17.6 Å². The third-order valence-electron chi connectivity index (χ3n) is 3.54. The molecule has 0 atom stereocenters. The standard InChI is InChI=1S/C15H20N2O3/c1-11-5-6-12(15(19)20)13(9-11)16-10-14(18)17-7-3-2-4-8-17/h5-6,9,16H,2-4,7-8,10H2,1H3,(H,19,20). The topological polar surface area (TPSA) is 69.6 Å². The molecular weight excluding hydrogens is 256 g/mol. The second-order valence-electron chi connectivity index (χ2n) is 5.15. The fraction of sp³-hybridized carbons (Fsp3) is 0.467. The summed E-state index contributed by atoms with van der Waals surface area (Å²) >= 11 is 0. The molecule has 108 valence electrons. The number of aryl methyl sites for hydroxylation is 1. The molecule has 0 spiro atoms. The Labute approximate surface area is 118 Å². The van der Waals surface area contributed by atoms with Crippen molar-refractivity contribution in [2.24, 2.45) is 0 Å². The van der Waals surface area contributed by atoms with Gasteiger partial charge in [-0.25, -0.2) is 4.79 Å².